The molecule has 0 aliphatic rings. The molecule has 0 unspecified atom stereocenters. The van der Waals surface area contributed by atoms with Gasteiger partial charge in [0.2, 0.25) is 0 Å². The molecule has 0 amide bonds. The van der Waals surface area contributed by atoms with E-state index in [-0.39, 0.29) is 11.1 Å². The lowest BCUT2D eigenvalue weighted by molar-refractivity contribution is 1.13. The largest absolute Gasteiger partial charge is 0.325 e. The third-order valence-corrected chi connectivity index (χ3v) is 4.32. The number of aryl methyl sites for hydroxylation is 3. The van der Waals surface area contributed by atoms with Crippen LogP contribution in [0, 0.1) is 32.1 Å². The highest BCUT2D eigenvalue weighted by atomic mass is 16.1. The molecule has 24 heavy (non-hydrogen) atoms. The first kappa shape index (κ1) is 15.8. The molecular formula is C21H18N2O. The van der Waals surface area contributed by atoms with Crippen LogP contribution in [0.1, 0.15) is 22.4 Å². The number of nitrogens with zero attached hydrogens (tertiary/aromatic N) is 1. The van der Waals surface area contributed by atoms with Crippen LogP contribution in [0.3, 0.4) is 0 Å². The van der Waals surface area contributed by atoms with Gasteiger partial charge in [-0.05, 0) is 54.7 Å². The van der Waals surface area contributed by atoms with Crippen LogP contribution in [0.5, 0.6) is 0 Å². The SMILES string of the molecule is Cc1cc(-c2ccc(-c3ccc(C)c(C)c3)cc2)c(C#N)c(=O)[nH]1. The Morgan fingerprint density at radius 3 is 2.08 bits per heavy atom. The summed E-state index contributed by atoms with van der Waals surface area (Å²) in [7, 11) is 0. The number of hydrogen-bond acceptors (Lipinski definition) is 2. The highest BCUT2D eigenvalue weighted by molar-refractivity contribution is 5.74. The van der Waals surface area contributed by atoms with E-state index in [9.17, 15) is 10.1 Å². The van der Waals surface area contributed by atoms with Crippen LogP contribution in [0.25, 0.3) is 22.3 Å². The van der Waals surface area contributed by atoms with Gasteiger partial charge in [-0.1, -0.05) is 42.5 Å². The maximum atomic E-state index is 11.9. The van der Waals surface area contributed by atoms with Crippen LogP contribution >= 0.6 is 0 Å². The number of aromatic nitrogens is 1. The Kier molecular flexibility index (Phi) is 4.05. The van der Waals surface area contributed by atoms with Crippen molar-refractivity contribution < 1.29 is 0 Å². The van der Waals surface area contributed by atoms with Crippen LogP contribution in [-0.2, 0) is 0 Å². The molecule has 118 valence electrons. The van der Waals surface area contributed by atoms with Crippen LogP contribution in [0.2, 0.25) is 0 Å². The van der Waals surface area contributed by atoms with E-state index in [4.69, 9.17) is 0 Å². The molecule has 0 bridgehead atoms. The number of hydrogen-bond donors (Lipinski definition) is 1. The minimum absolute atomic E-state index is 0.152. The predicted octanol–water partition coefficient (Wildman–Crippen LogP) is 4.51. The molecule has 0 spiro atoms. The summed E-state index contributed by atoms with van der Waals surface area (Å²) in [4.78, 5) is 14.6. The first-order chi connectivity index (χ1) is 11.5. The fourth-order valence-electron chi connectivity index (χ4n) is 2.79. The predicted molar refractivity (Wildman–Crippen MR) is 96.9 cm³/mol. The summed E-state index contributed by atoms with van der Waals surface area (Å²) in [6.07, 6.45) is 0. The Morgan fingerprint density at radius 1 is 0.833 bits per heavy atom. The second kappa shape index (κ2) is 6.17. The van der Waals surface area contributed by atoms with Crippen molar-refractivity contribution in [2.24, 2.45) is 0 Å². The number of benzene rings is 2. The summed E-state index contributed by atoms with van der Waals surface area (Å²) < 4.78 is 0. The maximum absolute atomic E-state index is 11.9. The van der Waals surface area contributed by atoms with Gasteiger partial charge in [-0.2, -0.15) is 5.26 Å². The number of nitrogens with one attached hydrogen (secondary N) is 1. The standard InChI is InChI=1S/C21H18N2O/c1-13-4-5-18(10-14(13)2)16-6-8-17(9-7-16)19-11-15(3)23-21(24)20(19)12-22/h4-11H,1-3H3,(H,23,24). The van der Waals surface area contributed by atoms with E-state index in [1.54, 1.807) is 0 Å². The van der Waals surface area contributed by atoms with Gasteiger partial charge in [-0.15, -0.1) is 0 Å². The van der Waals surface area contributed by atoms with Gasteiger partial charge in [-0.25, -0.2) is 0 Å². The second-order valence-corrected chi connectivity index (χ2v) is 6.06. The van der Waals surface area contributed by atoms with Crippen LogP contribution in [0.4, 0.5) is 0 Å². The zero-order valence-corrected chi connectivity index (χ0v) is 14.0. The third kappa shape index (κ3) is 2.87. The van der Waals surface area contributed by atoms with Gasteiger partial charge in [0.05, 0.1) is 0 Å². The van der Waals surface area contributed by atoms with Gasteiger partial charge < -0.3 is 4.98 Å². The van der Waals surface area contributed by atoms with Crippen LogP contribution in [0.15, 0.2) is 53.3 Å². The molecule has 0 aliphatic heterocycles. The Hall–Kier alpha value is -3.12. The number of aromatic amines is 1. The molecule has 0 aliphatic carbocycles. The van der Waals surface area contributed by atoms with Gasteiger partial charge >= 0.3 is 0 Å². The summed E-state index contributed by atoms with van der Waals surface area (Å²) >= 11 is 0. The summed E-state index contributed by atoms with van der Waals surface area (Å²) in [5.74, 6) is 0. The molecule has 1 N–H and O–H groups in total. The molecule has 1 heterocycles. The molecule has 3 nitrogen and oxygen atoms in total. The molecule has 3 heteroatoms. The van der Waals surface area contributed by atoms with Crippen molar-refractivity contribution in [3.05, 3.63) is 81.3 Å². The fourth-order valence-corrected chi connectivity index (χ4v) is 2.79. The summed E-state index contributed by atoms with van der Waals surface area (Å²) in [5, 5.41) is 9.27. The van der Waals surface area contributed by atoms with Gasteiger partial charge in [-0.3, -0.25) is 4.79 Å². The lowest BCUT2D eigenvalue weighted by atomic mass is 9.96. The van der Waals surface area contributed by atoms with E-state index in [0.29, 0.717) is 5.56 Å². The summed E-state index contributed by atoms with van der Waals surface area (Å²) in [5.41, 5.74) is 6.90. The van der Waals surface area contributed by atoms with Gasteiger partial charge in [0, 0.05) is 11.3 Å². The van der Waals surface area contributed by atoms with Crippen LogP contribution < -0.4 is 5.56 Å². The second-order valence-electron chi connectivity index (χ2n) is 6.06. The van der Waals surface area contributed by atoms with Crippen LogP contribution in [-0.4, -0.2) is 4.98 Å². The van der Waals surface area contributed by atoms with Crippen molar-refractivity contribution in [3.63, 3.8) is 0 Å². The molecular weight excluding hydrogens is 296 g/mol. The van der Waals surface area contributed by atoms with Crippen molar-refractivity contribution in [1.82, 2.24) is 4.98 Å². The van der Waals surface area contributed by atoms with E-state index in [2.05, 4.69) is 37.0 Å². The van der Waals surface area contributed by atoms with Crippen molar-refractivity contribution in [1.29, 1.82) is 5.26 Å². The molecule has 0 fully saturated rings. The monoisotopic (exact) mass is 314 g/mol. The smallest absolute Gasteiger partial charge is 0.266 e. The average Bonchev–Trinajstić information content (AvgIpc) is 2.57. The quantitative estimate of drug-likeness (QED) is 0.757. The Morgan fingerprint density at radius 2 is 1.46 bits per heavy atom. The minimum Gasteiger partial charge on any atom is -0.325 e. The van der Waals surface area contributed by atoms with Gasteiger partial charge in [0.15, 0.2) is 0 Å². The van der Waals surface area contributed by atoms with Gasteiger partial charge in [0.1, 0.15) is 11.6 Å². The zero-order chi connectivity index (χ0) is 17.3. The van der Waals surface area contributed by atoms with E-state index in [0.717, 1.165) is 22.4 Å². The summed E-state index contributed by atoms with van der Waals surface area (Å²) in [6, 6.07) is 18.2. The maximum Gasteiger partial charge on any atom is 0.266 e. The number of pyridine rings is 1. The molecule has 0 atom stereocenters. The van der Waals surface area contributed by atoms with Crippen molar-refractivity contribution in [2.75, 3.05) is 0 Å². The number of rotatable bonds is 2. The first-order valence-corrected chi connectivity index (χ1v) is 7.81. The zero-order valence-electron chi connectivity index (χ0n) is 14.0. The minimum atomic E-state index is -0.342. The molecule has 0 radical (unpaired) electrons. The molecule has 3 rings (SSSR count). The third-order valence-electron chi connectivity index (χ3n) is 4.32. The first-order valence-electron chi connectivity index (χ1n) is 7.81. The van der Waals surface area contributed by atoms with Crippen molar-refractivity contribution in [2.45, 2.75) is 20.8 Å². The number of H-pyrrole nitrogens is 1. The van der Waals surface area contributed by atoms with Crippen molar-refractivity contribution in [3.8, 4) is 28.3 Å². The van der Waals surface area contributed by atoms with E-state index in [1.807, 2.05) is 43.3 Å². The average molecular weight is 314 g/mol. The lowest BCUT2D eigenvalue weighted by Crippen LogP contribution is -2.12. The Bertz CT molecular complexity index is 1010. The number of nitriles is 1. The molecule has 1 aromatic heterocycles. The highest BCUT2D eigenvalue weighted by Gasteiger charge is 2.10. The topological polar surface area (TPSA) is 56.6 Å². The molecule has 3 aromatic rings. The van der Waals surface area contributed by atoms with E-state index < -0.39 is 0 Å². The summed E-state index contributed by atoms with van der Waals surface area (Å²) in [6.45, 7) is 6.02. The van der Waals surface area contributed by atoms with E-state index in [1.165, 1.54) is 11.1 Å². The van der Waals surface area contributed by atoms with E-state index >= 15 is 0 Å². The Labute approximate surface area is 141 Å². The molecule has 0 saturated heterocycles. The molecule has 0 saturated carbocycles. The lowest BCUT2D eigenvalue weighted by Gasteiger charge is -2.08. The van der Waals surface area contributed by atoms with Crippen molar-refractivity contribution >= 4 is 0 Å². The highest BCUT2D eigenvalue weighted by Crippen LogP contribution is 2.27. The molecule has 2 aromatic carbocycles. The fraction of sp³-hybridized carbons (Fsp3) is 0.143. The Balaban J connectivity index is 2.06. The normalized spacial score (nSPS) is 10.4. The van der Waals surface area contributed by atoms with Gasteiger partial charge in [0.25, 0.3) is 5.56 Å².